The van der Waals surface area contributed by atoms with Crippen LogP contribution in [-0.4, -0.2) is 25.7 Å². The second kappa shape index (κ2) is 9.73. The lowest BCUT2D eigenvalue weighted by Crippen LogP contribution is -2.38. The predicted molar refractivity (Wildman–Crippen MR) is 100 cm³/mol. The minimum absolute atomic E-state index is 0.148. The fourth-order valence-corrected chi connectivity index (χ4v) is 4.40. The third kappa shape index (κ3) is 5.78. The van der Waals surface area contributed by atoms with E-state index in [1.165, 1.54) is 0 Å². The van der Waals surface area contributed by atoms with Gasteiger partial charge in [0.1, 0.15) is 17.5 Å². The number of hydrogen-bond donors (Lipinski definition) is 0. The average molecular weight is 436 g/mol. The number of halogens is 6. The van der Waals surface area contributed by atoms with E-state index >= 15 is 0 Å². The highest BCUT2D eigenvalue weighted by molar-refractivity contribution is 5.61. The van der Waals surface area contributed by atoms with Crippen LogP contribution >= 0.6 is 0 Å². The number of alkyl halides is 3. The van der Waals surface area contributed by atoms with Gasteiger partial charge in [-0.05, 0) is 55.7 Å². The van der Waals surface area contributed by atoms with Gasteiger partial charge in [-0.25, -0.2) is 13.2 Å². The van der Waals surface area contributed by atoms with Crippen LogP contribution < -0.4 is 0 Å². The summed E-state index contributed by atoms with van der Waals surface area (Å²) in [5.41, 5.74) is -0.948. The fraction of sp³-hybridized carbons (Fsp3) is 0.636. The molecular weight excluding hydrogens is 410 g/mol. The zero-order chi connectivity index (χ0) is 21.9. The first-order valence-electron chi connectivity index (χ1n) is 10.4. The molecule has 2 aliphatic rings. The summed E-state index contributed by atoms with van der Waals surface area (Å²) in [5.74, 6) is -4.16. The van der Waals surface area contributed by atoms with Crippen molar-refractivity contribution >= 4 is 5.83 Å². The first-order valence-corrected chi connectivity index (χ1v) is 10.4. The number of benzene rings is 1. The Kier molecular flexibility index (Phi) is 7.50. The topological polar surface area (TPSA) is 18.5 Å². The van der Waals surface area contributed by atoms with Crippen molar-refractivity contribution in [2.75, 3.05) is 13.2 Å². The summed E-state index contributed by atoms with van der Waals surface area (Å²) in [4.78, 5) is 0. The van der Waals surface area contributed by atoms with Crippen molar-refractivity contribution in [3.63, 3.8) is 0 Å². The van der Waals surface area contributed by atoms with Gasteiger partial charge in [-0.15, -0.1) is 0 Å². The van der Waals surface area contributed by atoms with Crippen molar-refractivity contribution in [1.29, 1.82) is 0 Å². The quantitative estimate of drug-likeness (QED) is 0.468. The summed E-state index contributed by atoms with van der Waals surface area (Å²) in [6, 6.07) is 1.88. The Morgan fingerprint density at radius 1 is 1.03 bits per heavy atom. The molecule has 0 unspecified atom stereocenters. The Balaban J connectivity index is 1.62. The lowest BCUT2D eigenvalue weighted by Gasteiger charge is -2.37. The summed E-state index contributed by atoms with van der Waals surface area (Å²) in [6.45, 7) is 3.47. The standard InChI is InChI=1S/C22H26F6O2/c1-2-3-13-11-29-21(30-12-13)15-6-4-14(5-7-15)16-8-17(23)20(18(24)9-16)19(25)10-22(26,27)28/h8-10,13-15,21H,2-7,11-12H2,1H3/b19-10-. The minimum atomic E-state index is -5.00. The lowest BCUT2D eigenvalue weighted by atomic mass is 9.78. The molecule has 2 fully saturated rings. The zero-order valence-electron chi connectivity index (χ0n) is 16.8. The minimum Gasteiger partial charge on any atom is -0.352 e. The third-order valence-corrected chi connectivity index (χ3v) is 5.91. The Morgan fingerprint density at radius 2 is 1.60 bits per heavy atom. The second-order valence-electron chi connectivity index (χ2n) is 8.19. The van der Waals surface area contributed by atoms with Gasteiger partial charge in [-0.3, -0.25) is 0 Å². The second-order valence-corrected chi connectivity index (χ2v) is 8.19. The van der Waals surface area contributed by atoms with Crippen LogP contribution in [0.3, 0.4) is 0 Å². The van der Waals surface area contributed by atoms with Gasteiger partial charge in [0.2, 0.25) is 0 Å². The van der Waals surface area contributed by atoms with Crippen molar-refractivity contribution < 1.29 is 35.8 Å². The average Bonchev–Trinajstić information content (AvgIpc) is 2.67. The van der Waals surface area contributed by atoms with E-state index in [0.717, 1.165) is 37.8 Å². The third-order valence-electron chi connectivity index (χ3n) is 5.91. The maximum Gasteiger partial charge on any atom is 0.412 e. The Hall–Kier alpha value is -1.54. The summed E-state index contributed by atoms with van der Waals surface area (Å²) in [7, 11) is 0. The summed E-state index contributed by atoms with van der Waals surface area (Å²) in [5, 5.41) is 0. The normalized spacial score (nSPS) is 28.6. The number of hydrogen-bond acceptors (Lipinski definition) is 2. The van der Waals surface area contributed by atoms with Crippen molar-refractivity contribution in [3.8, 4) is 0 Å². The number of rotatable bonds is 5. The maximum atomic E-state index is 14.2. The molecule has 8 heteroatoms. The lowest BCUT2D eigenvalue weighted by molar-refractivity contribution is -0.229. The van der Waals surface area contributed by atoms with Crippen molar-refractivity contribution in [2.45, 2.75) is 63.8 Å². The first-order chi connectivity index (χ1) is 14.2. The van der Waals surface area contributed by atoms with E-state index in [9.17, 15) is 26.3 Å². The van der Waals surface area contributed by atoms with E-state index in [2.05, 4.69) is 6.92 Å². The van der Waals surface area contributed by atoms with Gasteiger partial charge in [0, 0.05) is 11.8 Å². The molecule has 0 aromatic heterocycles. The molecule has 3 rings (SSSR count). The van der Waals surface area contributed by atoms with E-state index in [-0.39, 0.29) is 18.1 Å². The predicted octanol–water partition coefficient (Wildman–Crippen LogP) is 6.90. The molecule has 0 spiro atoms. The van der Waals surface area contributed by atoms with E-state index < -0.39 is 35.3 Å². The van der Waals surface area contributed by atoms with Crippen LogP contribution in [0.1, 0.15) is 62.5 Å². The van der Waals surface area contributed by atoms with Crippen molar-refractivity contribution in [2.24, 2.45) is 11.8 Å². The molecule has 30 heavy (non-hydrogen) atoms. The molecule has 0 atom stereocenters. The summed E-state index contributed by atoms with van der Waals surface area (Å²) >= 11 is 0. The van der Waals surface area contributed by atoms with E-state index in [1.54, 1.807) is 0 Å². The van der Waals surface area contributed by atoms with Crippen LogP contribution in [0.4, 0.5) is 26.3 Å². The molecule has 0 bridgehead atoms. The molecule has 2 nitrogen and oxygen atoms in total. The van der Waals surface area contributed by atoms with Gasteiger partial charge in [0.15, 0.2) is 6.29 Å². The van der Waals surface area contributed by atoms with Gasteiger partial charge < -0.3 is 9.47 Å². The molecule has 1 saturated carbocycles. The summed E-state index contributed by atoms with van der Waals surface area (Å²) in [6.07, 6.45) is -1.08. The highest BCUT2D eigenvalue weighted by atomic mass is 19.4. The molecule has 0 amide bonds. The van der Waals surface area contributed by atoms with E-state index in [1.807, 2.05) is 0 Å². The molecule has 1 aromatic carbocycles. The number of ether oxygens (including phenoxy) is 2. The van der Waals surface area contributed by atoms with Crippen molar-refractivity contribution in [3.05, 3.63) is 41.0 Å². The zero-order valence-corrected chi connectivity index (χ0v) is 16.8. The van der Waals surface area contributed by atoms with E-state index in [0.29, 0.717) is 37.5 Å². The molecule has 1 aliphatic heterocycles. The fourth-order valence-electron chi connectivity index (χ4n) is 4.40. The van der Waals surface area contributed by atoms with Gasteiger partial charge in [0.25, 0.3) is 0 Å². The Labute approximate surface area is 172 Å². The largest absolute Gasteiger partial charge is 0.412 e. The highest BCUT2D eigenvalue weighted by Gasteiger charge is 2.33. The highest BCUT2D eigenvalue weighted by Crippen LogP contribution is 2.40. The van der Waals surface area contributed by atoms with Crippen LogP contribution in [0.5, 0.6) is 0 Å². The Morgan fingerprint density at radius 3 is 2.10 bits per heavy atom. The molecule has 1 heterocycles. The van der Waals surface area contributed by atoms with Crippen LogP contribution in [0.15, 0.2) is 18.2 Å². The van der Waals surface area contributed by atoms with Gasteiger partial charge in [-0.1, -0.05) is 13.3 Å². The van der Waals surface area contributed by atoms with Crippen LogP contribution in [0.25, 0.3) is 5.83 Å². The molecule has 0 N–H and O–H groups in total. The molecule has 1 aromatic rings. The Bertz CT molecular complexity index is 721. The van der Waals surface area contributed by atoms with Gasteiger partial charge >= 0.3 is 6.18 Å². The molecule has 0 radical (unpaired) electrons. The molecule has 1 aliphatic carbocycles. The molecule has 168 valence electrons. The van der Waals surface area contributed by atoms with Crippen LogP contribution in [-0.2, 0) is 9.47 Å². The smallest absolute Gasteiger partial charge is 0.352 e. The SMILES string of the molecule is CCCC1COC(C2CCC(c3cc(F)c(/C(F)=C/C(F)(F)F)c(F)c3)CC2)OC1. The van der Waals surface area contributed by atoms with Gasteiger partial charge in [0.05, 0.1) is 24.9 Å². The molecule has 1 saturated heterocycles. The number of allylic oxidation sites excluding steroid dienone is 1. The van der Waals surface area contributed by atoms with Crippen LogP contribution in [0.2, 0.25) is 0 Å². The molecular formula is C22H26F6O2. The monoisotopic (exact) mass is 436 g/mol. The van der Waals surface area contributed by atoms with E-state index in [4.69, 9.17) is 9.47 Å². The first kappa shape index (κ1) is 23.1. The van der Waals surface area contributed by atoms with Crippen molar-refractivity contribution in [1.82, 2.24) is 0 Å². The summed E-state index contributed by atoms with van der Waals surface area (Å²) < 4.78 is 90.8. The maximum absolute atomic E-state index is 14.2. The van der Waals surface area contributed by atoms with Gasteiger partial charge in [-0.2, -0.15) is 13.2 Å². The van der Waals surface area contributed by atoms with Crippen LogP contribution in [0, 0.1) is 23.5 Å².